The summed E-state index contributed by atoms with van der Waals surface area (Å²) in [5.74, 6) is 0. The number of benzene rings is 1. The highest BCUT2D eigenvalue weighted by Crippen LogP contribution is 2.59. The average Bonchev–Trinajstić information content (AvgIpc) is 2.23. The zero-order valence-corrected chi connectivity index (χ0v) is 10.4. The summed E-state index contributed by atoms with van der Waals surface area (Å²) in [7, 11) is -2.90. The molecule has 0 atom stereocenters. The summed E-state index contributed by atoms with van der Waals surface area (Å²) in [5, 5.41) is 0.642. The van der Waals surface area contributed by atoms with Gasteiger partial charge in [-0.3, -0.25) is 0 Å². The topological polar surface area (TPSA) is 64.7 Å². The molecule has 4 nitrogen and oxygen atoms in total. The van der Waals surface area contributed by atoms with Crippen molar-refractivity contribution in [3.63, 3.8) is 0 Å². The van der Waals surface area contributed by atoms with E-state index < -0.39 is 7.94 Å². The molecule has 5 heteroatoms. The first-order valence-electron chi connectivity index (χ1n) is 5.18. The summed E-state index contributed by atoms with van der Waals surface area (Å²) in [5.41, 5.74) is 6.22. The molecule has 89 valence electrons. The molecule has 1 aromatic rings. The van der Waals surface area contributed by atoms with Crippen LogP contribution < -0.4 is 11.0 Å². The Kier molecular flexibility index (Phi) is 2.93. The van der Waals surface area contributed by atoms with Crippen LogP contribution in [-0.2, 0) is 9.05 Å². The van der Waals surface area contributed by atoms with Crippen LogP contribution in [0.25, 0.3) is 0 Å². The van der Waals surface area contributed by atoms with Gasteiger partial charge in [0.2, 0.25) is 0 Å². The highest BCUT2D eigenvalue weighted by molar-refractivity contribution is 7.68. The van der Waals surface area contributed by atoms with Gasteiger partial charge in [-0.25, -0.2) is 0 Å². The average molecular weight is 242 g/mol. The van der Waals surface area contributed by atoms with Crippen molar-refractivity contribution in [3.8, 4) is 0 Å². The molecular weight excluding hydrogens is 225 g/mol. The van der Waals surface area contributed by atoms with E-state index >= 15 is 0 Å². The van der Waals surface area contributed by atoms with Gasteiger partial charge in [0, 0.05) is 11.1 Å². The van der Waals surface area contributed by atoms with Crippen molar-refractivity contribution in [2.75, 3.05) is 18.9 Å². The number of hydrogen-bond donors (Lipinski definition) is 2. The quantitative estimate of drug-likeness (QED) is 0.581. The molecule has 1 radical (unpaired) electrons. The molecule has 0 saturated carbocycles. The minimum absolute atomic E-state index is 0.0491. The van der Waals surface area contributed by atoms with E-state index in [1.54, 1.807) is 24.3 Å². The maximum absolute atomic E-state index is 10.3. The summed E-state index contributed by atoms with van der Waals surface area (Å²) >= 11 is 0. The summed E-state index contributed by atoms with van der Waals surface area (Å²) in [4.78, 5) is 10.3. The molecule has 16 heavy (non-hydrogen) atoms. The standard InChI is InChI=1S/C11H17NO3P/c1-11(2)7-14-16(13,15-8-11)10-5-3-4-9(12)6-10/h3-6,13H,7-8,12H2,1-2H3. The number of nitrogens with two attached hydrogens (primary N) is 1. The van der Waals surface area contributed by atoms with E-state index in [2.05, 4.69) is 0 Å². The number of nitrogen functional groups attached to an aromatic ring is 1. The van der Waals surface area contributed by atoms with E-state index in [0.29, 0.717) is 24.2 Å². The van der Waals surface area contributed by atoms with Gasteiger partial charge in [-0.15, -0.1) is 0 Å². The van der Waals surface area contributed by atoms with Crippen molar-refractivity contribution in [2.24, 2.45) is 5.41 Å². The molecule has 1 aromatic carbocycles. The molecule has 0 unspecified atom stereocenters. The predicted octanol–water partition coefficient (Wildman–Crippen LogP) is 1.72. The molecular formula is C11H17NO3P. The lowest BCUT2D eigenvalue weighted by Crippen LogP contribution is -2.34. The van der Waals surface area contributed by atoms with Crippen LogP contribution in [0.2, 0.25) is 0 Å². The Morgan fingerprint density at radius 2 is 1.94 bits per heavy atom. The van der Waals surface area contributed by atoms with E-state index in [1.807, 2.05) is 13.8 Å². The lowest BCUT2D eigenvalue weighted by atomic mass is 9.97. The molecule has 3 N–H and O–H groups in total. The lowest BCUT2D eigenvalue weighted by molar-refractivity contribution is 0.0313. The molecule has 0 spiro atoms. The van der Waals surface area contributed by atoms with Crippen molar-refractivity contribution in [3.05, 3.63) is 24.3 Å². The molecule has 0 bridgehead atoms. The summed E-state index contributed by atoms with van der Waals surface area (Å²) in [6, 6.07) is 7.03. The van der Waals surface area contributed by atoms with Crippen LogP contribution >= 0.6 is 7.94 Å². The Morgan fingerprint density at radius 1 is 1.31 bits per heavy atom. The maximum Gasteiger partial charge on any atom is 0.262 e. The van der Waals surface area contributed by atoms with Crippen LogP contribution in [0, 0.1) is 5.41 Å². The third kappa shape index (κ3) is 2.36. The summed E-state index contributed by atoms with van der Waals surface area (Å²) < 4.78 is 11.0. The zero-order valence-electron chi connectivity index (χ0n) is 9.51. The number of rotatable bonds is 1. The van der Waals surface area contributed by atoms with Crippen LogP contribution in [0.15, 0.2) is 24.3 Å². The summed E-state index contributed by atoms with van der Waals surface area (Å²) in [6.07, 6.45) is 0. The monoisotopic (exact) mass is 242 g/mol. The Hall–Kier alpha value is -0.670. The van der Waals surface area contributed by atoms with E-state index in [9.17, 15) is 4.89 Å². The molecule has 0 aliphatic carbocycles. The molecule has 1 heterocycles. The fraction of sp³-hybridized carbons (Fsp3) is 0.455. The van der Waals surface area contributed by atoms with Gasteiger partial charge in [-0.2, -0.15) is 0 Å². The van der Waals surface area contributed by atoms with Gasteiger partial charge in [0.25, 0.3) is 7.94 Å². The maximum atomic E-state index is 10.3. The molecule has 1 aliphatic rings. The Balaban J connectivity index is 2.21. The number of hydrogen-bond acceptors (Lipinski definition) is 4. The van der Waals surface area contributed by atoms with Gasteiger partial charge >= 0.3 is 0 Å². The van der Waals surface area contributed by atoms with Gasteiger partial charge in [-0.1, -0.05) is 19.9 Å². The first kappa shape index (κ1) is 11.8. The molecule has 1 aliphatic heterocycles. The predicted molar refractivity (Wildman–Crippen MR) is 65.3 cm³/mol. The van der Waals surface area contributed by atoms with Gasteiger partial charge in [-0.05, 0) is 18.2 Å². The minimum Gasteiger partial charge on any atom is -0.399 e. The highest BCUT2D eigenvalue weighted by atomic mass is 31.2. The van der Waals surface area contributed by atoms with Crippen LogP contribution in [0.4, 0.5) is 5.69 Å². The second-order valence-corrected chi connectivity index (χ2v) is 6.90. The van der Waals surface area contributed by atoms with E-state index in [4.69, 9.17) is 14.8 Å². The molecule has 2 rings (SSSR count). The van der Waals surface area contributed by atoms with Crippen LogP contribution in [0.1, 0.15) is 13.8 Å². The number of anilines is 1. The van der Waals surface area contributed by atoms with Gasteiger partial charge in [0.05, 0.1) is 18.5 Å². The molecule has 1 fully saturated rings. The van der Waals surface area contributed by atoms with Crippen molar-refractivity contribution in [2.45, 2.75) is 13.8 Å². The minimum atomic E-state index is -2.90. The third-order valence-corrected chi connectivity index (χ3v) is 4.35. The third-order valence-electron chi connectivity index (χ3n) is 2.46. The lowest BCUT2D eigenvalue weighted by Gasteiger charge is -2.40. The largest absolute Gasteiger partial charge is 0.399 e. The van der Waals surface area contributed by atoms with Crippen molar-refractivity contribution >= 4 is 18.9 Å². The Morgan fingerprint density at radius 3 is 2.50 bits per heavy atom. The first-order valence-corrected chi connectivity index (χ1v) is 6.76. The second kappa shape index (κ2) is 3.97. The molecule has 1 saturated heterocycles. The van der Waals surface area contributed by atoms with Crippen molar-refractivity contribution < 1.29 is 13.9 Å². The smallest absolute Gasteiger partial charge is 0.262 e. The van der Waals surface area contributed by atoms with Gasteiger partial charge in [0.15, 0.2) is 0 Å². The van der Waals surface area contributed by atoms with Gasteiger partial charge in [0.1, 0.15) is 0 Å². The Bertz CT molecular complexity index is 385. The second-order valence-electron chi connectivity index (χ2n) is 4.83. The summed E-state index contributed by atoms with van der Waals surface area (Å²) in [6.45, 7) is 5.06. The zero-order chi connectivity index (χ0) is 11.8. The highest BCUT2D eigenvalue weighted by Gasteiger charge is 2.39. The van der Waals surface area contributed by atoms with E-state index in [1.165, 1.54) is 0 Å². The fourth-order valence-corrected chi connectivity index (χ4v) is 3.46. The van der Waals surface area contributed by atoms with Crippen LogP contribution in [0.5, 0.6) is 0 Å². The van der Waals surface area contributed by atoms with Crippen LogP contribution in [-0.4, -0.2) is 18.1 Å². The van der Waals surface area contributed by atoms with Crippen LogP contribution in [0.3, 0.4) is 0 Å². The van der Waals surface area contributed by atoms with E-state index in [-0.39, 0.29) is 5.41 Å². The SMILES string of the molecule is CC1(C)CO[P](O)(c2cccc(N)c2)OC1. The fourth-order valence-electron chi connectivity index (χ4n) is 1.45. The molecule has 0 aromatic heterocycles. The van der Waals surface area contributed by atoms with Crippen molar-refractivity contribution in [1.29, 1.82) is 0 Å². The normalized spacial score (nSPS) is 22.9. The Labute approximate surface area is 96.0 Å². The van der Waals surface area contributed by atoms with E-state index in [0.717, 1.165) is 0 Å². The van der Waals surface area contributed by atoms with Gasteiger partial charge < -0.3 is 19.7 Å². The first-order chi connectivity index (χ1) is 7.41. The molecule has 0 amide bonds. The van der Waals surface area contributed by atoms with Crippen molar-refractivity contribution in [1.82, 2.24) is 0 Å².